The van der Waals surface area contributed by atoms with E-state index in [1.54, 1.807) is 11.9 Å². The molecule has 0 aliphatic carbocycles. The summed E-state index contributed by atoms with van der Waals surface area (Å²) in [5.74, 6) is -0.751. The average Bonchev–Trinajstić information content (AvgIpc) is 2.25. The van der Waals surface area contributed by atoms with Crippen LogP contribution in [0.3, 0.4) is 0 Å². The molecule has 1 unspecified atom stereocenters. The van der Waals surface area contributed by atoms with Crippen LogP contribution >= 0.6 is 0 Å². The van der Waals surface area contributed by atoms with Gasteiger partial charge in [0.15, 0.2) is 0 Å². The summed E-state index contributed by atoms with van der Waals surface area (Å²) >= 11 is 0. The summed E-state index contributed by atoms with van der Waals surface area (Å²) in [6, 6.07) is 1.42. The summed E-state index contributed by atoms with van der Waals surface area (Å²) in [6.45, 7) is 6.05. The molecule has 0 radical (unpaired) electrons. The summed E-state index contributed by atoms with van der Waals surface area (Å²) in [4.78, 5) is 8.45. The summed E-state index contributed by atoms with van der Waals surface area (Å²) in [5.41, 5.74) is 5.42. The zero-order chi connectivity index (χ0) is 14.8. The van der Waals surface area contributed by atoms with Crippen molar-refractivity contribution in [3.8, 4) is 0 Å². The van der Waals surface area contributed by atoms with Crippen molar-refractivity contribution in [2.45, 2.75) is 39.4 Å². The van der Waals surface area contributed by atoms with Crippen LogP contribution in [-0.2, 0) is 6.18 Å². The molecule has 0 saturated carbocycles. The number of nitrogens with two attached hydrogens (primary N) is 1. The van der Waals surface area contributed by atoms with E-state index in [-0.39, 0.29) is 17.7 Å². The lowest BCUT2D eigenvalue weighted by Crippen LogP contribution is -2.31. The van der Waals surface area contributed by atoms with Crippen LogP contribution in [0.5, 0.6) is 0 Å². The van der Waals surface area contributed by atoms with Gasteiger partial charge in [-0.2, -0.15) is 13.2 Å². The monoisotopic (exact) mass is 276 g/mol. The van der Waals surface area contributed by atoms with Crippen LogP contribution in [0.2, 0.25) is 0 Å². The fourth-order valence-electron chi connectivity index (χ4n) is 1.83. The Morgan fingerprint density at radius 3 is 2.32 bits per heavy atom. The van der Waals surface area contributed by atoms with Crippen LogP contribution in [0, 0.1) is 5.92 Å². The molecule has 0 bridgehead atoms. The Bertz CT molecular complexity index is 431. The highest BCUT2D eigenvalue weighted by atomic mass is 19.4. The van der Waals surface area contributed by atoms with E-state index in [1.165, 1.54) is 6.07 Å². The number of hydrogen-bond donors (Lipinski definition) is 1. The number of halogens is 3. The lowest BCUT2D eigenvalue weighted by molar-refractivity contribution is -0.144. The molecular weight excluding hydrogens is 257 g/mol. The molecule has 0 amide bonds. The average molecular weight is 276 g/mol. The molecule has 0 fully saturated rings. The van der Waals surface area contributed by atoms with E-state index in [0.29, 0.717) is 5.92 Å². The predicted octanol–water partition coefficient (Wildman–Crippen LogP) is 2.95. The molecule has 19 heavy (non-hydrogen) atoms. The number of hydrogen-bond acceptors (Lipinski definition) is 4. The van der Waals surface area contributed by atoms with Crippen LogP contribution in [0.25, 0.3) is 0 Å². The molecular formula is C12H19F3N4. The topological polar surface area (TPSA) is 55.0 Å². The third-order valence-corrected chi connectivity index (χ3v) is 2.82. The van der Waals surface area contributed by atoms with Gasteiger partial charge in [-0.15, -0.1) is 0 Å². The molecule has 7 heteroatoms. The molecule has 0 aliphatic rings. The number of aromatic nitrogens is 2. The Hall–Kier alpha value is -1.53. The molecule has 4 nitrogen and oxygen atoms in total. The second-order valence-corrected chi connectivity index (χ2v) is 5.06. The van der Waals surface area contributed by atoms with Crippen LogP contribution in [0.4, 0.5) is 24.8 Å². The van der Waals surface area contributed by atoms with Gasteiger partial charge in [-0.25, -0.2) is 9.97 Å². The molecule has 1 aromatic heterocycles. The van der Waals surface area contributed by atoms with Gasteiger partial charge in [0.25, 0.3) is 0 Å². The van der Waals surface area contributed by atoms with Crippen molar-refractivity contribution in [1.82, 2.24) is 9.97 Å². The van der Waals surface area contributed by atoms with Crippen molar-refractivity contribution < 1.29 is 13.2 Å². The zero-order valence-corrected chi connectivity index (χ0v) is 11.5. The molecule has 2 N–H and O–H groups in total. The van der Waals surface area contributed by atoms with Crippen LogP contribution < -0.4 is 10.6 Å². The van der Waals surface area contributed by atoms with Crippen LogP contribution in [0.1, 0.15) is 33.0 Å². The lowest BCUT2D eigenvalue weighted by atomic mass is 10.0. The standard InChI is InChI=1S/C12H19F3N4/c1-7(2)5-8(3)19(4)10-6-9(16)17-11(18-10)12(13,14)15/h6-8H,5H2,1-4H3,(H2,16,17,18). The third-order valence-electron chi connectivity index (χ3n) is 2.82. The number of anilines is 2. The van der Waals surface area contributed by atoms with E-state index in [9.17, 15) is 13.2 Å². The number of rotatable bonds is 4. The van der Waals surface area contributed by atoms with Crippen LogP contribution in [-0.4, -0.2) is 23.1 Å². The highest BCUT2D eigenvalue weighted by Crippen LogP contribution is 2.29. The first-order valence-electron chi connectivity index (χ1n) is 6.05. The third kappa shape index (κ3) is 4.25. The second kappa shape index (κ2) is 5.63. The van der Waals surface area contributed by atoms with Crippen molar-refractivity contribution in [3.63, 3.8) is 0 Å². The van der Waals surface area contributed by atoms with E-state index in [0.717, 1.165) is 6.42 Å². The maximum absolute atomic E-state index is 12.6. The first kappa shape index (κ1) is 15.5. The van der Waals surface area contributed by atoms with Gasteiger partial charge in [0.1, 0.15) is 11.6 Å². The molecule has 1 atom stereocenters. The summed E-state index contributed by atoms with van der Waals surface area (Å²) in [6.07, 6.45) is -3.74. The van der Waals surface area contributed by atoms with E-state index in [2.05, 4.69) is 23.8 Å². The van der Waals surface area contributed by atoms with E-state index in [4.69, 9.17) is 5.73 Å². The minimum Gasteiger partial charge on any atom is -0.384 e. The Balaban J connectivity index is 3.03. The molecule has 0 aliphatic heterocycles. The van der Waals surface area contributed by atoms with Crippen molar-refractivity contribution in [2.75, 3.05) is 17.7 Å². The SMILES string of the molecule is CC(C)CC(C)N(C)c1cc(N)nc(C(F)(F)F)n1. The van der Waals surface area contributed by atoms with Gasteiger partial charge in [0, 0.05) is 19.2 Å². The molecule has 1 heterocycles. The quantitative estimate of drug-likeness (QED) is 0.918. The normalized spacial score (nSPS) is 13.7. The summed E-state index contributed by atoms with van der Waals surface area (Å²) in [5, 5.41) is 0. The molecule has 0 spiro atoms. The van der Waals surface area contributed by atoms with Gasteiger partial charge in [0.05, 0.1) is 0 Å². The molecule has 108 valence electrons. The molecule has 0 saturated heterocycles. The lowest BCUT2D eigenvalue weighted by Gasteiger charge is -2.27. The number of nitrogens with zero attached hydrogens (tertiary/aromatic N) is 3. The highest BCUT2D eigenvalue weighted by molar-refractivity contribution is 5.47. The summed E-state index contributed by atoms with van der Waals surface area (Å²) < 4.78 is 37.9. The smallest absolute Gasteiger partial charge is 0.384 e. The number of nitrogen functional groups attached to an aromatic ring is 1. The van der Waals surface area contributed by atoms with Gasteiger partial charge >= 0.3 is 6.18 Å². The largest absolute Gasteiger partial charge is 0.451 e. The predicted molar refractivity (Wildman–Crippen MR) is 68.8 cm³/mol. The maximum Gasteiger partial charge on any atom is 0.451 e. The van der Waals surface area contributed by atoms with E-state index < -0.39 is 12.0 Å². The molecule has 1 aromatic rings. The first-order valence-corrected chi connectivity index (χ1v) is 6.05. The minimum absolute atomic E-state index is 0.0652. The van der Waals surface area contributed by atoms with Gasteiger partial charge in [0.2, 0.25) is 5.82 Å². The fourth-order valence-corrected chi connectivity index (χ4v) is 1.83. The number of alkyl halides is 3. The fraction of sp³-hybridized carbons (Fsp3) is 0.667. The Morgan fingerprint density at radius 2 is 1.84 bits per heavy atom. The summed E-state index contributed by atoms with van der Waals surface area (Å²) in [7, 11) is 1.70. The first-order chi connectivity index (χ1) is 8.61. The minimum atomic E-state index is -4.59. The van der Waals surface area contributed by atoms with Gasteiger partial charge in [-0.05, 0) is 19.3 Å². The highest BCUT2D eigenvalue weighted by Gasteiger charge is 2.35. The van der Waals surface area contributed by atoms with Gasteiger partial charge in [-0.1, -0.05) is 13.8 Å². The molecule has 1 rings (SSSR count). The van der Waals surface area contributed by atoms with Gasteiger partial charge in [-0.3, -0.25) is 0 Å². The van der Waals surface area contributed by atoms with Gasteiger partial charge < -0.3 is 10.6 Å². The second-order valence-electron chi connectivity index (χ2n) is 5.06. The van der Waals surface area contributed by atoms with E-state index in [1.807, 2.05) is 6.92 Å². The maximum atomic E-state index is 12.6. The van der Waals surface area contributed by atoms with Crippen molar-refractivity contribution >= 4 is 11.6 Å². The van der Waals surface area contributed by atoms with Crippen molar-refractivity contribution in [3.05, 3.63) is 11.9 Å². The van der Waals surface area contributed by atoms with Crippen LogP contribution in [0.15, 0.2) is 6.07 Å². The Labute approximate surface area is 110 Å². The van der Waals surface area contributed by atoms with Crippen molar-refractivity contribution in [2.24, 2.45) is 5.92 Å². The zero-order valence-electron chi connectivity index (χ0n) is 11.5. The molecule has 0 aromatic carbocycles. The Morgan fingerprint density at radius 1 is 1.26 bits per heavy atom. The Kier molecular flexibility index (Phi) is 4.60. The van der Waals surface area contributed by atoms with E-state index >= 15 is 0 Å². The van der Waals surface area contributed by atoms with Crippen molar-refractivity contribution in [1.29, 1.82) is 0 Å².